The van der Waals surface area contributed by atoms with Crippen LogP contribution in [0.4, 0.5) is 0 Å². The number of nitrogens with zero attached hydrogens (tertiary/aromatic N) is 5. The van der Waals surface area contributed by atoms with E-state index >= 15 is 0 Å². The molecule has 3 heterocycles. The van der Waals surface area contributed by atoms with Gasteiger partial charge in [-0.15, -0.1) is 0 Å². The summed E-state index contributed by atoms with van der Waals surface area (Å²) in [7, 11) is 0. The predicted molar refractivity (Wildman–Crippen MR) is 94.7 cm³/mol. The minimum Gasteiger partial charge on any atom is -0.337 e. The first-order chi connectivity index (χ1) is 12.2. The van der Waals surface area contributed by atoms with Gasteiger partial charge in [0.25, 0.3) is 5.91 Å². The molecule has 1 atom stereocenters. The van der Waals surface area contributed by atoms with Crippen molar-refractivity contribution in [3.63, 3.8) is 0 Å². The minimum absolute atomic E-state index is 0.0908. The Balaban J connectivity index is 1.48. The fourth-order valence-corrected chi connectivity index (χ4v) is 3.37. The van der Waals surface area contributed by atoms with Crippen molar-refractivity contribution in [1.29, 1.82) is 0 Å². The number of benzene rings is 1. The van der Waals surface area contributed by atoms with Crippen LogP contribution in [0.3, 0.4) is 0 Å². The zero-order chi connectivity index (χ0) is 17.2. The van der Waals surface area contributed by atoms with Crippen LogP contribution in [0.15, 0.2) is 55.2 Å². The molecule has 1 aromatic carbocycles. The average molecular weight is 335 g/mol. The van der Waals surface area contributed by atoms with Gasteiger partial charge in [0.2, 0.25) is 0 Å². The Labute approximate surface area is 146 Å². The Morgan fingerprint density at radius 2 is 2.00 bits per heavy atom. The predicted octanol–water partition coefficient (Wildman–Crippen LogP) is 2.85. The molecular formula is C19H21N5O. The monoisotopic (exact) mass is 335 g/mol. The first-order valence-corrected chi connectivity index (χ1v) is 8.60. The molecule has 6 heteroatoms. The standard InChI is InChI=1S/C19H21N5O/c1-15-8-11-24(21-15)17-6-4-16(5-7-17)19(25)22-10-2-3-18(13-22)23-12-9-20-14-23/h4-9,11-12,14,18H,2-3,10,13H2,1H3/t18-/m1/s1. The van der Waals surface area contributed by atoms with Crippen LogP contribution in [-0.4, -0.2) is 43.2 Å². The summed E-state index contributed by atoms with van der Waals surface area (Å²) in [5.41, 5.74) is 2.65. The number of piperidine rings is 1. The molecule has 0 bridgehead atoms. The molecule has 0 spiro atoms. The molecule has 0 radical (unpaired) electrons. The number of amides is 1. The highest BCUT2D eigenvalue weighted by Crippen LogP contribution is 2.23. The summed E-state index contributed by atoms with van der Waals surface area (Å²) in [5, 5.41) is 4.40. The highest BCUT2D eigenvalue weighted by atomic mass is 16.2. The van der Waals surface area contributed by atoms with Crippen molar-refractivity contribution in [3.05, 3.63) is 66.5 Å². The second kappa shape index (κ2) is 6.55. The van der Waals surface area contributed by atoms with E-state index in [1.54, 1.807) is 6.20 Å². The Morgan fingerprint density at radius 1 is 1.16 bits per heavy atom. The van der Waals surface area contributed by atoms with Gasteiger partial charge >= 0.3 is 0 Å². The molecule has 1 aliphatic rings. The molecular weight excluding hydrogens is 314 g/mol. The molecule has 2 aromatic heterocycles. The third-order valence-corrected chi connectivity index (χ3v) is 4.73. The van der Waals surface area contributed by atoms with E-state index in [0.29, 0.717) is 6.04 Å². The van der Waals surface area contributed by atoms with Gasteiger partial charge in [0.15, 0.2) is 0 Å². The summed E-state index contributed by atoms with van der Waals surface area (Å²) in [5.74, 6) is 0.0908. The van der Waals surface area contributed by atoms with E-state index in [0.717, 1.165) is 42.9 Å². The number of carbonyl (C=O) groups excluding carboxylic acids is 1. The van der Waals surface area contributed by atoms with E-state index in [2.05, 4.69) is 14.6 Å². The van der Waals surface area contributed by atoms with Crippen molar-refractivity contribution in [2.24, 2.45) is 0 Å². The summed E-state index contributed by atoms with van der Waals surface area (Å²) in [6.45, 7) is 3.50. The lowest BCUT2D eigenvalue weighted by Gasteiger charge is -2.33. The lowest BCUT2D eigenvalue weighted by molar-refractivity contribution is 0.0679. The van der Waals surface area contributed by atoms with E-state index in [4.69, 9.17) is 0 Å². The van der Waals surface area contributed by atoms with Gasteiger partial charge in [0.1, 0.15) is 0 Å². The van der Waals surface area contributed by atoms with Gasteiger partial charge in [-0.2, -0.15) is 5.10 Å². The highest BCUT2D eigenvalue weighted by Gasteiger charge is 2.25. The summed E-state index contributed by atoms with van der Waals surface area (Å²) >= 11 is 0. The smallest absolute Gasteiger partial charge is 0.253 e. The summed E-state index contributed by atoms with van der Waals surface area (Å²) in [4.78, 5) is 18.9. The van der Waals surface area contributed by atoms with E-state index in [1.807, 2.05) is 65.6 Å². The average Bonchev–Trinajstić information content (AvgIpc) is 3.33. The molecule has 0 aliphatic carbocycles. The fourth-order valence-electron chi connectivity index (χ4n) is 3.37. The van der Waals surface area contributed by atoms with Gasteiger partial charge in [-0.1, -0.05) is 0 Å². The summed E-state index contributed by atoms with van der Waals surface area (Å²) < 4.78 is 3.92. The Kier molecular flexibility index (Phi) is 4.09. The van der Waals surface area contributed by atoms with Gasteiger partial charge in [-0.3, -0.25) is 4.79 Å². The molecule has 3 aromatic rings. The Hall–Kier alpha value is -2.89. The van der Waals surface area contributed by atoms with Crippen LogP contribution in [-0.2, 0) is 0 Å². The molecule has 0 N–H and O–H groups in total. The summed E-state index contributed by atoms with van der Waals surface area (Å²) in [6.07, 6.45) is 9.61. The van der Waals surface area contributed by atoms with Gasteiger partial charge < -0.3 is 9.47 Å². The molecule has 25 heavy (non-hydrogen) atoms. The zero-order valence-electron chi connectivity index (χ0n) is 14.2. The van der Waals surface area contributed by atoms with Crippen molar-refractivity contribution in [1.82, 2.24) is 24.2 Å². The zero-order valence-corrected chi connectivity index (χ0v) is 14.2. The second-order valence-electron chi connectivity index (χ2n) is 6.51. The molecule has 1 saturated heterocycles. The molecule has 0 unspecified atom stereocenters. The number of imidazole rings is 1. The molecule has 1 amide bonds. The maximum atomic E-state index is 12.8. The number of aryl methyl sites for hydroxylation is 1. The van der Waals surface area contributed by atoms with Gasteiger partial charge in [0.05, 0.1) is 23.8 Å². The number of aromatic nitrogens is 4. The summed E-state index contributed by atoms with van der Waals surface area (Å²) in [6, 6.07) is 9.92. The lowest BCUT2D eigenvalue weighted by atomic mass is 10.0. The van der Waals surface area contributed by atoms with Crippen LogP contribution in [0, 0.1) is 6.92 Å². The van der Waals surface area contributed by atoms with Gasteiger partial charge in [-0.05, 0) is 50.1 Å². The Bertz CT molecular complexity index is 850. The highest BCUT2D eigenvalue weighted by molar-refractivity contribution is 5.94. The van der Waals surface area contributed by atoms with Crippen LogP contribution in [0.25, 0.3) is 5.69 Å². The molecule has 0 saturated carbocycles. The van der Waals surface area contributed by atoms with Crippen LogP contribution < -0.4 is 0 Å². The topological polar surface area (TPSA) is 56.0 Å². The quantitative estimate of drug-likeness (QED) is 0.739. The largest absolute Gasteiger partial charge is 0.337 e. The Morgan fingerprint density at radius 3 is 2.68 bits per heavy atom. The van der Waals surface area contributed by atoms with Crippen molar-refractivity contribution in [3.8, 4) is 5.69 Å². The second-order valence-corrected chi connectivity index (χ2v) is 6.51. The number of likely N-dealkylation sites (tertiary alicyclic amines) is 1. The van der Waals surface area contributed by atoms with Crippen molar-refractivity contribution in [2.75, 3.05) is 13.1 Å². The number of hydrogen-bond donors (Lipinski definition) is 0. The van der Waals surface area contributed by atoms with E-state index < -0.39 is 0 Å². The van der Waals surface area contributed by atoms with Gasteiger partial charge in [0, 0.05) is 37.2 Å². The molecule has 4 rings (SSSR count). The van der Waals surface area contributed by atoms with Gasteiger partial charge in [-0.25, -0.2) is 9.67 Å². The van der Waals surface area contributed by atoms with E-state index in [9.17, 15) is 4.79 Å². The first kappa shape index (κ1) is 15.6. The molecule has 1 fully saturated rings. The first-order valence-electron chi connectivity index (χ1n) is 8.60. The van der Waals surface area contributed by atoms with Crippen molar-refractivity contribution in [2.45, 2.75) is 25.8 Å². The number of hydrogen-bond acceptors (Lipinski definition) is 3. The van der Waals surface area contributed by atoms with Crippen LogP contribution >= 0.6 is 0 Å². The third kappa shape index (κ3) is 3.20. The normalized spacial score (nSPS) is 17.6. The number of carbonyl (C=O) groups is 1. The van der Waals surface area contributed by atoms with E-state index in [-0.39, 0.29) is 5.91 Å². The fraction of sp³-hybridized carbons (Fsp3) is 0.316. The van der Waals surface area contributed by atoms with Crippen LogP contribution in [0.2, 0.25) is 0 Å². The number of rotatable bonds is 3. The van der Waals surface area contributed by atoms with Crippen molar-refractivity contribution >= 4 is 5.91 Å². The lowest BCUT2D eigenvalue weighted by Crippen LogP contribution is -2.40. The third-order valence-electron chi connectivity index (χ3n) is 4.73. The maximum absolute atomic E-state index is 12.8. The minimum atomic E-state index is 0.0908. The SMILES string of the molecule is Cc1ccn(-c2ccc(C(=O)N3CCC[C@@H](n4ccnc4)C3)cc2)n1. The molecule has 6 nitrogen and oxygen atoms in total. The van der Waals surface area contributed by atoms with E-state index in [1.165, 1.54) is 0 Å². The van der Waals surface area contributed by atoms with Crippen molar-refractivity contribution < 1.29 is 4.79 Å². The molecule has 1 aliphatic heterocycles. The maximum Gasteiger partial charge on any atom is 0.253 e. The van der Waals surface area contributed by atoms with Crippen LogP contribution in [0.5, 0.6) is 0 Å². The molecule has 128 valence electrons. The van der Waals surface area contributed by atoms with Crippen LogP contribution in [0.1, 0.15) is 34.9 Å².